The van der Waals surface area contributed by atoms with Gasteiger partial charge in [-0.15, -0.1) is 11.6 Å². The molecule has 0 atom stereocenters. The Kier molecular flexibility index (Phi) is 3.41. The summed E-state index contributed by atoms with van der Waals surface area (Å²) in [7, 11) is 0. The van der Waals surface area contributed by atoms with Gasteiger partial charge in [0.05, 0.1) is 0 Å². The minimum Gasteiger partial charge on any atom is -0.478 e. The van der Waals surface area contributed by atoms with Gasteiger partial charge in [0.1, 0.15) is 11.4 Å². The lowest BCUT2D eigenvalue weighted by Gasteiger charge is -2.10. The van der Waals surface area contributed by atoms with Gasteiger partial charge in [0, 0.05) is 17.6 Å². The summed E-state index contributed by atoms with van der Waals surface area (Å²) in [5.41, 5.74) is 3.85. The molecule has 0 aliphatic carbocycles. The van der Waals surface area contributed by atoms with Crippen LogP contribution in [-0.4, -0.2) is 16.1 Å². The average Bonchev–Trinajstić information content (AvgIpc) is 2.16. The van der Waals surface area contributed by atoms with Gasteiger partial charge in [-0.25, -0.2) is 18.6 Å². The van der Waals surface area contributed by atoms with E-state index in [0.717, 1.165) is 6.20 Å². The lowest BCUT2D eigenvalue weighted by atomic mass is 10.0. The first kappa shape index (κ1) is 11.6. The summed E-state index contributed by atoms with van der Waals surface area (Å²) in [5.74, 6) is -2.22. The third-order valence-electron chi connectivity index (χ3n) is 1.81. The van der Waals surface area contributed by atoms with Gasteiger partial charge in [-0.1, -0.05) is 0 Å². The van der Waals surface area contributed by atoms with E-state index < -0.39 is 29.3 Å². The molecule has 1 rings (SSSR count). The van der Waals surface area contributed by atoms with Gasteiger partial charge in [-0.3, -0.25) is 0 Å². The Hall–Kier alpha value is -1.43. The van der Waals surface area contributed by atoms with Crippen LogP contribution in [0.2, 0.25) is 0 Å². The van der Waals surface area contributed by atoms with Gasteiger partial charge in [-0.2, -0.15) is 0 Å². The number of carbonyl (C=O) groups is 1. The van der Waals surface area contributed by atoms with Crippen molar-refractivity contribution in [3.05, 3.63) is 22.9 Å². The van der Waals surface area contributed by atoms with Crippen LogP contribution < -0.4 is 5.73 Å². The molecule has 15 heavy (non-hydrogen) atoms. The molecular formula is C8H7ClF2N2O2. The summed E-state index contributed by atoms with van der Waals surface area (Å²) in [6.45, 7) is 0. The van der Waals surface area contributed by atoms with E-state index in [1.165, 1.54) is 0 Å². The Balaban J connectivity index is 3.51. The summed E-state index contributed by atoms with van der Waals surface area (Å²) < 4.78 is 25.2. The van der Waals surface area contributed by atoms with E-state index in [1.807, 2.05) is 0 Å². The second-order valence-electron chi connectivity index (χ2n) is 2.70. The number of nitrogens with zero attached hydrogens (tertiary/aromatic N) is 1. The minimum atomic E-state index is -2.95. The Morgan fingerprint density at radius 3 is 2.67 bits per heavy atom. The predicted octanol–water partition coefficient (Wildman–Crippen LogP) is 2.04. The molecule has 0 aliphatic heterocycles. The highest BCUT2D eigenvalue weighted by molar-refractivity contribution is 6.17. The number of anilines is 1. The van der Waals surface area contributed by atoms with Gasteiger partial charge in [0.2, 0.25) is 0 Å². The van der Waals surface area contributed by atoms with Crippen molar-refractivity contribution in [3.63, 3.8) is 0 Å². The lowest BCUT2D eigenvalue weighted by Crippen LogP contribution is -2.11. The first-order valence-electron chi connectivity index (χ1n) is 3.83. The van der Waals surface area contributed by atoms with E-state index in [2.05, 4.69) is 4.98 Å². The first-order valence-corrected chi connectivity index (χ1v) is 4.37. The number of carboxylic acid groups (broad SMARTS) is 1. The molecule has 0 aromatic carbocycles. The van der Waals surface area contributed by atoms with E-state index in [0.29, 0.717) is 0 Å². The largest absolute Gasteiger partial charge is 0.478 e. The van der Waals surface area contributed by atoms with Crippen molar-refractivity contribution in [2.75, 3.05) is 5.73 Å². The zero-order valence-electron chi connectivity index (χ0n) is 7.38. The van der Waals surface area contributed by atoms with E-state index in [4.69, 9.17) is 22.4 Å². The number of nitrogen functional groups attached to an aromatic ring is 1. The van der Waals surface area contributed by atoms with E-state index in [-0.39, 0.29) is 11.4 Å². The SMILES string of the molecule is Nc1ncc(CCl)c(C(F)F)c1C(=O)O. The summed E-state index contributed by atoms with van der Waals surface area (Å²) >= 11 is 5.40. The van der Waals surface area contributed by atoms with Crippen LogP contribution in [0.4, 0.5) is 14.6 Å². The second-order valence-corrected chi connectivity index (χ2v) is 2.96. The van der Waals surface area contributed by atoms with Crippen LogP contribution >= 0.6 is 11.6 Å². The predicted molar refractivity (Wildman–Crippen MR) is 50.1 cm³/mol. The highest BCUT2D eigenvalue weighted by Crippen LogP contribution is 2.30. The van der Waals surface area contributed by atoms with E-state index >= 15 is 0 Å². The highest BCUT2D eigenvalue weighted by Gasteiger charge is 2.24. The number of hydrogen-bond acceptors (Lipinski definition) is 3. The van der Waals surface area contributed by atoms with Crippen LogP contribution in [0.1, 0.15) is 27.9 Å². The zero-order chi connectivity index (χ0) is 11.6. The molecule has 0 saturated carbocycles. The summed E-state index contributed by atoms with van der Waals surface area (Å²) in [5, 5.41) is 8.72. The quantitative estimate of drug-likeness (QED) is 0.788. The smallest absolute Gasteiger partial charge is 0.339 e. The van der Waals surface area contributed by atoms with Crippen molar-refractivity contribution in [1.29, 1.82) is 0 Å². The molecule has 0 aliphatic rings. The minimum absolute atomic E-state index is 0.0294. The number of nitrogens with two attached hydrogens (primary N) is 1. The molecule has 1 heterocycles. The van der Waals surface area contributed by atoms with Gasteiger partial charge in [-0.05, 0) is 5.56 Å². The van der Waals surface area contributed by atoms with Crippen molar-refractivity contribution < 1.29 is 18.7 Å². The number of aromatic carboxylic acids is 1. The number of halogens is 3. The lowest BCUT2D eigenvalue weighted by molar-refractivity contribution is 0.0685. The van der Waals surface area contributed by atoms with E-state index in [1.54, 1.807) is 0 Å². The molecule has 0 radical (unpaired) electrons. The Bertz CT molecular complexity index is 398. The van der Waals surface area contributed by atoms with Gasteiger partial charge in [0.25, 0.3) is 6.43 Å². The molecule has 0 bridgehead atoms. The second kappa shape index (κ2) is 4.39. The fourth-order valence-electron chi connectivity index (χ4n) is 1.16. The maximum atomic E-state index is 12.6. The summed E-state index contributed by atoms with van der Waals surface area (Å²) in [4.78, 5) is 14.2. The molecule has 7 heteroatoms. The Labute approximate surface area is 88.7 Å². The molecule has 1 aromatic heterocycles. The fraction of sp³-hybridized carbons (Fsp3) is 0.250. The number of hydrogen-bond donors (Lipinski definition) is 2. The number of carboxylic acids is 1. The molecule has 82 valence electrons. The van der Waals surface area contributed by atoms with Crippen molar-refractivity contribution in [2.45, 2.75) is 12.3 Å². The van der Waals surface area contributed by atoms with Crippen LogP contribution in [0.5, 0.6) is 0 Å². The van der Waals surface area contributed by atoms with Crippen molar-refractivity contribution in [1.82, 2.24) is 4.98 Å². The molecule has 0 spiro atoms. The molecule has 0 amide bonds. The average molecular weight is 237 g/mol. The molecule has 0 saturated heterocycles. The normalized spacial score (nSPS) is 10.7. The van der Waals surface area contributed by atoms with Gasteiger partial charge < -0.3 is 10.8 Å². The van der Waals surface area contributed by atoms with Crippen LogP contribution in [0.25, 0.3) is 0 Å². The van der Waals surface area contributed by atoms with Gasteiger partial charge >= 0.3 is 5.97 Å². The first-order chi connectivity index (χ1) is 6.99. The summed E-state index contributed by atoms with van der Waals surface area (Å²) in [6, 6.07) is 0. The Morgan fingerprint density at radius 1 is 1.67 bits per heavy atom. The molecule has 0 fully saturated rings. The van der Waals surface area contributed by atoms with Crippen LogP contribution in [0.15, 0.2) is 6.20 Å². The number of aromatic nitrogens is 1. The summed E-state index contributed by atoms with van der Waals surface area (Å²) in [6.07, 6.45) is -1.90. The Morgan fingerprint density at radius 2 is 2.27 bits per heavy atom. The number of pyridine rings is 1. The van der Waals surface area contributed by atoms with Crippen LogP contribution in [0.3, 0.4) is 0 Å². The van der Waals surface area contributed by atoms with Crippen molar-refractivity contribution in [3.8, 4) is 0 Å². The van der Waals surface area contributed by atoms with E-state index in [9.17, 15) is 13.6 Å². The maximum Gasteiger partial charge on any atom is 0.339 e. The molecule has 0 unspecified atom stereocenters. The maximum absolute atomic E-state index is 12.6. The monoisotopic (exact) mass is 236 g/mol. The van der Waals surface area contributed by atoms with Crippen LogP contribution in [-0.2, 0) is 5.88 Å². The zero-order valence-corrected chi connectivity index (χ0v) is 8.13. The number of alkyl halides is 3. The van der Waals surface area contributed by atoms with Crippen LogP contribution in [0, 0.1) is 0 Å². The van der Waals surface area contributed by atoms with Crippen molar-refractivity contribution >= 4 is 23.4 Å². The molecule has 4 nitrogen and oxygen atoms in total. The molecule has 3 N–H and O–H groups in total. The standard InChI is InChI=1S/C8H7ClF2N2O2/c9-1-3-2-13-7(12)5(8(14)15)4(3)6(10)11/h2,6H,1H2,(H2,12,13)(H,14,15). The molecular weight excluding hydrogens is 230 g/mol. The van der Waals surface area contributed by atoms with Gasteiger partial charge in [0.15, 0.2) is 0 Å². The number of rotatable bonds is 3. The highest BCUT2D eigenvalue weighted by atomic mass is 35.5. The molecule has 1 aromatic rings. The third kappa shape index (κ3) is 2.15. The van der Waals surface area contributed by atoms with Crippen molar-refractivity contribution in [2.24, 2.45) is 0 Å². The topological polar surface area (TPSA) is 76.2 Å². The third-order valence-corrected chi connectivity index (χ3v) is 2.09. The fourth-order valence-corrected chi connectivity index (χ4v) is 1.37.